The van der Waals surface area contributed by atoms with Crippen molar-refractivity contribution in [3.63, 3.8) is 0 Å². The third kappa shape index (κ3) is 7.47. The third-order valence-corrected chi connectivity index (χ3v) is 19.2. The number of ketones is 1. The molecule has 3 saturated heterocycles. The molecule has 3 aliphatic heterocycles. The third-order valence-electron chi connectivity index (χ3n) is 19.2. The maximum absolute atomic E-state index is 13.8. The molecule has 374 valence electrons. The van der Waals surface area contributed by atoms with E-state index in [1.54, 1.807) is 6.92 Å². The lowest BCUT2D eigenvalue weighted by Gasteiger charge is -2.71. The molecule has 10 N–H and O–H groups in total. The molecule has 8 rings (SSSR count). The lowest BCUT2D eigenvalue weighted by Crippen LogP contribution is -2.68. The number of aliphatic hydroxyl groups is 8. The number of carboxylic acids is 2. The SMILES string of the molecule is C[C@@H]1O[C@@H](O[C@H]2[C@H](O[C@H]3[C@H](O[C@H]4CC[C@@]5(C)C(CC[C@]6(C)C5CC=C5[C@@H]7C[C@@](C)(C(=O)O)CC(=O)[C@]7(C)CC[C@]56C)[C@@]4(C)CO)O[C@H](C(=O)O)[C@@H](O)[C@@H]3O)OC[C@@H](O)[C@@H]2O)[C@H](O)[C@H](O)[C@H]1O. The van der Waals surface area contributed by atoms with Gasteiger partial charge in [0.2, 0.25) is 0 Å². The molecule has 2 unspecified atom stereocenters. The largest absolute Gasteiger partial charge is 0.481 e. The maximum atomic E-state index is 13.8. The summed E-state index contributed by atoms with van der Waals surface area (Å²) in [6.07, 6.45) is -17.4. The van der Waals surface area contributed by atoms with Crippen LogP contribution in [0, 0.1) is 50.2 Å². The van der Waals surface area contributed by atoms with E-state index < -0.39 is 127 Å². The van der Waals surface area contributed by atoms with Crippen molar-refractivity contribution in [2.45, 2.75) is 198 Å². The van der Waals surface area contributed by atoms with Gasteiger partial charge in [-0.3, -0.25) is 9.59 Å². The van der Waals surface area contributed by atoms with Crippen LogP contribution in [0.4, 0.5) is 0 Å². The number of carbonyl (C=O) groups excluding carboxylic acids is 1. The summed E-state index contributed by atoms with van der Waals surface area (Å²) in [6, 6.07) is 0. The molecule has 0 aromatic carbocycles. The van der Waals surface area contributed by atoms with Crippen LogP contribution in [0.5, 0.6) is 0 Å². The molecular weight excluding hydrogens is 868 g/mol. The molecule has 3 heterocycles. The van der Waals surface area contributed by atoms with Gasteiger partial charge >= 0.3 is 11.9 Å². The van der Waals surface area contributed by atoms with Gasteiger partial charge < -0.3 is 79.5 Å². The molecular formula is C47H72O19. The zero-order chi connectivity index (χ0) is 48.4. The van der Waals surface area contributed by atoms with Crippen molar-refractivity contribution in [1.82, 2.24) is 0 Å². The molecule has 5 aliphatic carbocycles. The fraction of sp³-hybridized carbons (Fsp3) is 0.894. The van der Waals surface area contributed by atoms with Crippen LogP contribution >= 0.6 is 0 Å². The fourth-order valence-electron chi connectivity index (χ4n) is 14.6. The second-order valence-corrected chi connectivity index (χ2v) is 22.6. The van der Waals surface area contributed by atoms with Gasteiger partial charge in [-0.15, -0.1) is 0 Å². The molecule has 0 aromatic heterocycles. The smallest absolute Gasteiger partial charge is 0.335 e. The average molecular weight is 941 g/mol. The van der Waals surface area contributed by atoms with Crippen molar-refractivity contribution in [2.75, 3.05) is 13.2 Å². The second-order valence-electron chi connectivity index (χ2n) is 22.6. The van der Waals surface area contributed by atoms with Gasteiger partial charge in [0.15, 0.2) is 25.0 Å². The Hall–Kier alpha value is -2.21. The molecule has 19 nitrogen and oxygen atoms in total. The van der Waals surface area contributed by atoms with Crippen molar-refractivity contribution < 1.29 is 93.9 Å². The highest BCUT2D eigenvalue weighted by atomic mass is 16.8. The van der Waals surface area contributed by atoms with Crippen LogP contribution in [0.1, 0.15) is 106 Å². The number of carbonyl (C=O) groups is 3. The van der Waals surface area contributed by atoms with E-state index in [1.165, 1.54) is 12.5 Å². The van der Waals surface area contributed by atoms with Crippen LogP contribution in [-0.4, -0.2) is 174 Å². The van der Waals surface area contributed by atoms with E-state index >= 15 is 0 Å². The second kappa shape index (κ2) is 17.3. The van der Waals surface area contributed by atoms with Gasteiger partial charge in [-0.05, 0) is 99.2 Å². The predicted octanol–water partition coefficient (Wildman–Crippen LogP) is 0.617. The lowest BCUT2D eigenvalue weighted by atomic mass is 9.33. The van der Waals surface area contributed by atoms with E-state index in [4.69, 9.17) is 28.4 Å². The van der Waals surface area contributed by atoms with Crippen LogP contribution in [0.2, 0.25) is 0 Å². The first-order valence-corrected chi connectivity index (χ1v) is 23.7. The van der Waals surface area contributed by atoms with Crippen LogP contribution in [0.15, 0.2) is 11.6 Å². The van der Waals surface area contributed by atoms with Crippen molar-refractivity contribution in [1.29, 1.82) is 0 Å². The Morgan fingerprint density at radius 1 is 0.742 bits per heavy atom. The number of hydrogen-bond donors (Lipinski definition) is 10. The van der Waals surface area contributed by atoms with Gasteiger partial charge in [-0.2, -0.15) is 0 Å². The van der Waals surface area contributed by atoms with Gasteiger partial charge in [-0.25, -0.2) is 4.79 Å². The van der Waals surface area contributed by atoms with E-state index in [0.29, 0.717) is 38.5 Å². The molecule has 66 heavy (non-hydrogen) atoms. The van der Waals surface area contributed by atoms with Gasteiger partial charge in [0.05, 0.1) is 30.8 Å². The monoisotopic (exact) mass is 940 g/mol. The summed E-state index contributed by atoms with van der Waals surface area (Å²) in [5, 5.41) is 108. The summed E-state index contributed by atoms with van der Waals surface area (Å²) in [7, 11) is 0. The summed E-state index contributed by atoms with van der Waals surface area (Å²) in [6.45, 7) is 13.1. The van der Waals surface area contributed by atoms with Crippen molar-refractivity contribution in [3.8, 4) is 0 Å². The van der Waals surface area contributed by atoms with E-state index in [0.717, 1.165) is 12.8 Å². The summed E-state index contributed by atoms with van der Waals surface area (Å²) in [4.78, 5) is 38.8. The first-order valence-electron chi connectivity index (χ1n) is 23.7. The van der Waals surface area contributed by atoms with Crippen LogP contribution in [0.3, 0.4) is 0 Å². The molecule has 0 radical (unpaired) electrons. The molecule has 19 heteroatoms. The summed E-state index contributed by atoms with van der Waals surface area (Å²) >= 11 is 0. The van der Waals surface area contributed by atoms with E-state index in [1.807, 2.05) is 13.8 Å². The highest BCUT2D eigenvalue weighted by Gasteiger charge is 2.70. The molecule has 0 amide bonds. The number of fused-ring (bicyclic) bond motifs is 7. The van der Waals surface area contributed by atoms with Gasteiger partial charge in [0.1, 0.15) is 60.7 Å². The summed E-state index contributed by atoms with van der Waals surface area (Å²) in [5.74, 6) is -2.76. The zero-order valence-corrected chi connectivity index (χ0v) is 38.9. The minimum Gasteiger partial charge on any atom is -0.481 e. The van der Waals surface area contributed by atoms with Crippen LogP contribution in [-0.2, 0) is 42.8 Å². The van der Waals surface area contributed by atoms with Gasteiger partial charge in [0.25, 0.3) is 0 Å². The Morgan fingerprint density at radius 2 is 1.41 bits per heavy atom. The van der Waals surface area contributed by atoms with E-state index in [-0.39, 0.29) is 52.8 Å². The number of allylic oxidation sites excluding steroid dienone is 2. The molecule has 24 atom stereocenters. The molecule has 8 aliphatic rings. The molecule has 4 saturated carbocycles. The lowest BCUT2D eigenvalue weighted by molar-refractivity contribution is -0.387. The van der Waals surface area contributed by atoms with Crippen molar-refractivity contribution in [3.05, 3.63) is 11.6 Å². The van der Waals surface area contributed by atoms with Crippen molar-refractivity contribution >= 4 is 17.7 Å². The first-order chi connectivity index (χ1) is 30.7. The standard InChI is InChI=1S/C47H72O19/c1-20-28(51)30(53)33(56)38(62-20)65-35-29(52)23(49)18-61-39(35)66-36-32(55)31(54)34(37(57)58)64-40(36)63-27-11-12-44(4)24(45(27,5)19-48)10-13-47(7)25(44)9-8-21-22-16-42(2,41(59)60)17-26(50)43(22,3)14-15-46(21,47)6/h8,20,22-25,27-36,38-40,48-49,51-56H,9-19H2,1-7H3,(H,57,58)(H,59,60)/t20-,22-,23+,24?,25?,27-,28-,29-,30+,31-,32-,33+,34-,35+,36+,38-,39-,40+,42+,43+,44-,45+,46+,47+/m0/s1. The minimum atomic E-state index is -2.05. The Kier molecular flexibility index (Phi) is 13.1. The highest BCUT2D eigenvalue weighted by molar-refractivity contribution is 5.92. The molecule has 7 fully saturated rings. The topological polar surface area (TPSA) is 309 Å². The Bertz CT molecular complexity index is 1920. The number of rotatable bonds is 9. The van der Waals surface area contributed by atoms with Gasteiger partial charge in [-0.1, -0.05) is 46.3 Å². The predicted molar refractivity (Wildman–Crippen MR) is 226 cm³/mol. The van der Waals surface area contributed by atoms with E-state index in [2.05, 4.69) is 26.8 Å². The summed E-state index contributed by atoms with van der Waals surface area (Å²) < 4.78 is 35.9. The fourth-order valence-corrected chi connectivity index (χ4v) is 14.6. The maximum Gasteiger partial charge on any atom is 0.335 e. The Labute approximate surface area is 384 Å². The average Bonchev–Trinajstić information content (AvgIpc) is 3.25. The number of hydrogen-bond acceptors (Lipinski definition) is 17. The number of ether oxygens (including phenoxy) is 6. The normalized spacial score (nSPS) is 55.1. The van der Waals surface area contributed by atoms with Crippen LogP contribution in [0.25, 0.3) is 0 Å². The quantitative estimate of drug-likeness (QED) is 0.112. The summed E-state index contributed by atoms with van der Waals surface area (Å²) in [5.41, 5.74) is -2.51. The molecule has 0 spiro atoms. The Morgan fingerprint density at radius 3 is 2.06 bits per heavy atom. The first kappa shape index (κ1) is 50.2. The number of aliphatic carboxylic acids is 2. The van der Waals surface area contributed by atoms with Gasteiger partial charge in [0, 0.05) is 17.3 Å². The van der Waals surface area contributed by atoms with E-state index in [9.17, 15) is 65.4 Å². The number of carboxylic acid groups (broad SMARTS) is 2. The zero-order valence-electron chi connectivity index (χ0n) is 38.9. The van der Waals surface area contributed by atoms with Crippen LogP contribution < -0.4 is 0 Å². The number of Topliss-reactive ketones (excluding diaryl/α,β-unsaturated/α-hetero) is 1. The minimum absolute atomic E-state index is 0.0134. The van der Waals surface area contributed by atoms with Crippen molar-refractivity contribution in [2.24, 2.45) is 50.2 Å². The molecule has 0 aromatic rings. The Balaban J connectivity index is 1.07. The molecule has 0 bridgehead atoms. The highest BCUT2D eigenvalue weighted by Crippen LogP contribution is 2.75. The number of aliphatic hydroxyl groups excluding tert-OH is 8.